The van der Waals surface area contributed by atoms with Crippen molar-refractivity contribution in [3.05, 3.63) is 45.9 Å². The number of aromatic nitrogens is 6. The zero-order chi connectivity index (χ0) is 22.9. The molecule has 4 heterocycles. The Hall–Kier alpha value is -2.78. The first-order valence-corrected chi connectivity index (χ1v) is 12.5. The Morgan fingerprint density at radius 3 is 2.94 bits per heavy atom. The Balaban J connectivity index is 1.46. The first kappa shape index (κ1) is 22.0. The summed E-state index contributed by atoms with van der Waals surface area (Å²) in [5.41, 5.74) is 3.70. The Morgan fingerprint density at radius 2 is 2.21 bits per heavy atom. The third-order valence-electron chi connectivity index (χ3n) is 6.04. The van der Waals surface area contributed by atoms with E-state index in [-0.39, 0.29) is 18.0 Å². The third kappa shape index (κ3) is 4.65. The number of hydrogen-bond acceptors (Lipinski definition) is 6. The largest absolute Gasteiger partial charge is 0.347 e. The van der Waals surface area contributed by atoms with E-state index in [2.05, 4.69) is 50.0 Å². The van der Waals surface area contributed by atoms with Crippen molar-refractivity contribution in [2.45, 2.75) is 58.0 Å². The van der Waals surface area contributed by atoms with Crippen LogP contribution < -0.4 is 5.32 Å². The number of halogens is 1. The zero-order valence-electron chi connectivity index (χ0n) is 18.6. The fraction of sp³-hybridized carbons (Fsp3) is 0.435. The minimum absolute atomic E-state index is 0.0807. The van der Waals surface area contributed by atoms with Crippen LogP contribution in [0.2, 0.25) is 4.34 Å². The predicted molar refractivity (Wildman–Crippen MR) is 130 cm³/mol. The number of nitrogens with zero attached hydrogens (tertiary/aromatic N) is 5. The number of nitrogens with one attached hydrogen (secondary N) is 2. The van der Waals surface area contributed by atoms with E-state index < -0.39 is 0 Å². The van der Waals surface area contributed by atoms with Gasteiger partial charge in [-0.05, 0) is 43.7 Å². The Labute approximate surface area is 200 Å². The molecule has 2 unspecified atom stereocenters. The van der Waals surface area contributed by atoms with Crippen LogP contribution in [0.25, 0.3) is 22.4 Å². The molecule has 1 amide bonds. The molecule has 0 aromatic carbocycles. The van der Waals surface area contributed by atoms with Crippen molar-refractivity contribution in [3.8, 4) is 11.4 Å². The highest BCUT2D eigenvalue weighted by Crippen LogP contribution is 2.34. The van der Waals surface area contributed by atoms with Crippen LogP contribution in [-0.4, -0.2) is 41.7 Å². The molecular weight excluding hydrogens is 458 g/mol. The number of thiazole rings is 1. The molecule has 0 saturated heterocycles. The first-order valence-electron chi connectivity index (χ1n) is 11.3. The molecule has 8 nitrogen and oxygen atoms in total. The maximum atomic E-state index is 12.7. The van der Waals surface area contributed by atoms with Crippen LogP contribution in [0.5, 0.6) is 0 Å². The summed E-state index contributed by atoms with van der Waals surface area (Å²) in [5.74, 6) is 1.41. The molecule has 0 aliphatic heterocycles. The average Bonchev–Trinajstić information content (AvgIpc) is 3.52. The molecule has 1 aliphatic rings. The van der Waals surface area contributed by atoms with E-state index in [9.17, 15) is 4.79 Å². The number of hydrogen-bond donors (Lipinski definition) is 2. The zero-order valence-corrected chi connectivity index (χ0v) is 20.2. The number of H-pyrrole nitrogens is 1. The van der Waals surface area contributed by atoms with Crippen LogP contribution >= 0.6 is 22.9 Å². The molecule has 5 rings (SSSR count). The van der Waals surface area contributed by atoms with Gasteiger partial charge in [-0.25, -0.2) is 9.97 Å². The van der Waals surface area contributed by atoms with E-state index in [1.165, 1.54) is 17.5 Å². The molecule has 0 radical (unpaired) electrons. The minimum atomic E-state index is -0.152. The molecule has 33 heavy (non-hydrogen) atoms. The number of rotatable bonds is 6. The summed E-state index contributed by atoms with van der Waals surface area (Å²) in [6.07, 6.45) is 9.87. The Morgan fingerprint density at radius 1 is 1.33 bits per heavy atom. The molecule has 4 aromatic rings. The van der Waals surface area contributed by atoms with Crippen molar-refractivity contribution in [1.82, 2.24) is 35.0 Å². The molecule has 4 aromatic heterocycles. The van der Waals surface area contributed by atoms with Gasteiger partial charge in [-0.2, -0.15) is 5.10 Å². The highest BCUT2D eigenvalue weighted by Gasteiger charge is 2.28. The van der Waals surface area contributed by atoms with Gasteiger partial charge in [0.25, 0.3) is 5.91 Å². The van der Waals surface area contributed by atoms with Crippen molar-refractivity contribution >= 4 is 39.9 Å². The lowest BCUT2D eigenvalue weighted by atomic mass is 9.90. The highest BCUT2D eigenvalue weighted by atomic mass is 35.5. The molecule has 0 spiro atoms. The van der Waals surface area contributed by atoms with Gasteiger partial charge in [-0.1, -0.05) is 36.8 Å². The monoisotopic (exact) mass is 483 g/mol. The van der Waals surface area contributed by atoms with E-state index in [0.29, 0.717) is 15.3 Å². The summed E-state index contributed by atoms with van der Waals surface area (Å²) in [6.45, 7) is 4.42. The van der Waals surface area contributed by atoms with Crippen LogP contribution in [0.3, 0.4) is 0 Å². The van der Waals surface area contributed by atoms with Gasteiger partial charge in [-0.15, -0.1) is 0 Å². The summed E-state index contributed by atoms with van der Waals surface area (Å²) in [4.78, 5) is 26.3. The minimum Gasteiger partial charge on any atom is -0.347 e. The van der Waals surface area contributed by atoms with Crippen LogP contribution in [-0.2, 0) is 6.42 Å². The lowest BCUT2D eigenvalue weighted by Crippen LogP contribution is -2.39. The first-order chi connectivity index (χ1) is 16.0. The van der Waals surface area contributed by atoms with E-state index in [1.807, 2.05) is 12.3 Å². The second-order valence-corrected chi connectivity index (χ2v) is 10.6. The van der Waals surface area contributed by atoms with E-state index in [4.69, 9.17) is 16.6 Å². The van der Waals surface area contributed by atoms with Crippen molar-refractivity contribution < 1.29 is 4.79 Å². The molecule has 1 aliphatic carbocycles. The van der Waals surface area contributed by atoms with E-state index in [1.54, 1.807) is 6.20 Å². The number of amides is 1. The smallest absolute Gasteiger partial charge is 0.280 e. The second kappa shape index (κ2) is 9.23. The number of imidazole rings is 1. The normalized spacial score (nSPS) is 18.8. The number of fused-ring (bicyclic) bond motifs is 1. The molecular formula is C23H26ClN7OS. The lowest BCUT2D eigenvalue weighted by molar-refractivity contribution is 0.0920. The van der Waals surface area contributed by atoms with E-state index >= 15 is 0 Å². The van der Waals surface area contributed by atoms with Crippen molar-refractivity contribution in [2.24, 2.45) is 5.92 Å². The standard InChI is InChI=1S/C23H26ClN7OS/c1-13(2)8-21-29-18-11-25-17(16-6-7-27-30-16)10-19(18)31(21)15-5-3-4-14(9-15)28-22(32)23-26-12-20(24)33-23/h6-7,10-15H,3-5,8-9H2,1-2H3,(H,27,30)(H,28,32). The molecule has 2 N–H and O–H groups in total. The third-order valence-corrected chi connectivity index (χ3v) is 7.15. The van der Waals surface area contributed by atoms with Gasteiger partial charge >= 0.3 is 0 Å². The number of carbonyl (C=O) groups is 1. The fourth-order valence-electron chi connectivity index (χ4n) is 4.65. The summed E-state index contributed by atoms with van der Waals surface area (Å²) < 4.78 is 2.90. The summed E-state index contributed by atoms with van der Waals surface area (Å²) in [7, 11) is 0. The van der Waals surface area contributed by atoms with Crippen LogP contribution in [0.1, 0.15) is 61.2 Å². The highest BCUT2D eigenvalue weighted by molar-refractivity contribution is 7.17. The predicted octanol–water partition coefficient (Wildman–Crippen LogP) is 5.04. The average molecular weight is 484 g/mol. The van der Waals surface area contributed by atoms with Crippen LogP contribution in [0.15, 0.2) is 30.7 Å². The van der Waals surface area contributed by atoms with Crippen molar-refractivity contribution in [2.75, 3.05) is 0 Å². The maximum Gasteiger partial charge on any atom is 0.280 e. The Kier molecular flexibility index (Phi) is 6.16. The van der Waals surface area contributed by atoms with Gasteiger partial charge in [-0.3, -0.25) is 14.9 Å². The van der Waals surface area contributed by atoms with Gasteiger partial charge < -0.3 is 9.88 Å². The molecule has 1 fully saturated rings. The van der Waals surface area contributed by atoms with Gasteiger partial charge in [0.15, 0.2) is 5.01 Å². The molecule has 1 saturated carbocycles. The van der Waals surface area contributed by atoms with Gasteiger partial charge in [0, 0.05) is 24.7 Å². The second-order valence-electron chi connectivity index (χ2n) is 8.98. The number of pyridine rings is 1. The van der Waals surface area contributed by atoms with Gasteiger partial charge in [0.05, 0.1) is 29.3 Å². The molecule has 2 atom stereocenters. The number of carbonyl (C=O) groups excluding carboxylic acids is 1. The van der Waals surface area contributed by atoms with Crippen molar-refractivity contribution in [1.29, 1.82) is 0 Å². The SMILES string of the molecule is CC(C)Cc1nc2cnc(-c3ccn[nH]3)cc2n1C1CCCC(NC(=O)c2ncc(Cl)s2)C1. The van der Waals surface area contributed by atoms with Gasteiger partial charge in [0.2, 0.25) is 0 Å². The number of aromatic amines is 1. The van der Waals surface area contributed by atoms with Crippen LogP contribution in [0, 0.1) is 5.92 Å². The topological polar surface area (TPSA) is 101 Å². The van der Waals surface area contributed by atoms with Gasteiger partial charge in [0.1, 0.15) is 15.7 Å². The maximum absolute atomic E-state index is 12.7. The summed E-state index contributed by atoms with van der Waals surface area (Å²) in [6, 6.07) is 4.34. The molecule has 0 bridgehead atoms. The molecule has 10 heteroatoms. The quantitative estimate of drug-likeness (QED) is 0.400. The lowest BCUT2D eigenvalue weighted by Gasteiger charge is -2.32. The van der Waals surface area contributed by atoms with E-state index in [0.717, 1.165) is 60.3 Å². The summed E-state index contributed by atoms with van der Waals surface area (Å²) >= 11 is 7.16. The summed E-state index contributed by atoms with van der Waals surface area (Å²) in [5, 5.41) is 10.6. The Bertz CT molecular complexity index is 1260. The van der Waals surface area contributed by atoms with Crippen LogP contribution in [0.4, 0.5) is 0 Å². The molecule has 172 valence electrons. The fourth-order valence-corrected chi connectivity index (χ4v) is 5.46. The van der Waals surface area contributed by atoms with Crippen molar-refractivity contribution in [3.63, 3.8) is 0 Å².